The van der Waals surface area contributed by atoms with Gasteiger partial charge in [-0.25, -0.2) is 0 Å². The summed E-state index contributed by atoms with van der Waals surface area (Å²) in [5.74, 6) is -0.409. The van der Waals surface area contributed by atoms with Crippen molar-refractivity contribution in [3.8, 4) is 0 Å². The first-order valence-corrected chi connectivity index (χ1v) is 6.19. The monoisotopic (exact) mass is 228 g/mol. The maximum atomic E-state index is 11.1. The van der Waals surface area contributed by atoms with Crippen molar-refractivity contribution in [3.05, 3.63) is 0 Å². The fraction of sp³-hybridized carbons (Fsp3) is 0.917. The molecule has 0 aromatic rings. The average molecular weight is 228 g/mol. The van der Waals surface area contributed by atoms with E-state index in [4.69, 9.17) is 5.11 Å². The fourth-order valence-electron chi connectivity index (χ4n) is 2.37. The van der Waals surface area contributed by atoms with Gasteiger partial charge in [-0.15, -0.1) is 0 Å². The van der Waals surface area contributed by atoms with Crippen LogP contribution in [0.2, 0.25) is 0 Å². The first kappa shape index (κ1) is 13.5. The molecular formula is C12H24N2O2. The number of rotatable bonds is 6. The van der Waals surface area contributed by atoms with Gasteiger partial charge < -0.3 is 15.3 Å². The lowest BCUT2D eigenvalue weighted by Gasteiger charge is -2.28. The Bertz CT molecular complexity index is 219. The largest absolute Gasteiger partial charge is 0.481 e. The van der Waals surface area contributed by atoms with Crippen molar-refractivity contribution in [1.29, 1.82) is 0 Å². The zero-order chi connectivity index (χ0) is 12.0. The lowest BCUT2D eigenvalue weighted by molar-refractivity contribution is -0.144. The van der Waals surface area contributed by atoms with Gasteiger partial charge in [0.1, 0.15) is 0 Å². The van der Waals surface area contributed by atoms with Crippen LogP contribution in [0, 0.1) is 11.8 Å². The summed E-state index contributed by atoms with van der Waals surface area (Å²) in [5.41, 5.74) is 0. The van der Waals surface area contributed by atoms with Crippen LogP contribution in [-0.2, 0) is 4.79 Å². The molecule has 0 aromatic heterocycles. The van der Waals surface area contributed by atoms with E-state index >= 15 is 0 Å². The van der Waals surface area contributed by atoms with Crippen LogP contribution in [0.3, 0.4) is 0 Å². The van der Waals surface area contributed by atoms with Gasteiger partial charge in [0, 0.05) is 13.1 Å². The van der Waals surface area contributed by atoms with Gasteiger partial charge in [-0.2, -0.15) is 0 Å². The Morgan fingerprint density at radius 3 is 2.69 bits per heavy atom. The van der Waals surface area contributed by atoms with E-state index in [0.717, 1.165) is 38.9 Å². The summed E-state index contributed by atoms with van der Waals surface area (Å²) in [7, 11) is 4.09. The number of likely N-dealkylation sites (N-methyl/N-ethyl adjacent to an activating group) is 1. The maximum absolute atomic E-state index is 11.1. The highest BCUT2D eigenvalue weighted by Gasteiger charge is 2.30. The summed E-state index contributed by atoms with van der Waals surface area (Å²) in [6, 6.07) is 0. The molecule has 0 heterocycles. The molecule has 0 aliphatic heterocycles. The number of carboxylic acids is 1. The van der Waals surface area contributed by atoms with Crippen LogP contribution >= 0.6 is 0 Å². The molecule has 4 nitrogen and oxygen atoms in total. The fourth-order valence-corrected chi connectivity index (χ4v) is 2.37. The molecule has 16 heavy (non-hydrogen) atoms. The van der Waals surface area contributed by atoms with E-state index in [0.29, 0.717) is 5.92 Å². The molecule has 2 atom stereocenters. The number of hydrogen-bond donors (Lipinski definition) is 2. The van der Waals surface area contributed by atoms with Gasteiger partial charge in [-0.3, -0.25) is 4.79 Å². The zero-order valence-corrected chi connectivity index (χ0v) is 10.4. The molecular weight excluding hydrogens is 204 g/mol. The summed E-state index contributed by atoms with van der Waals surface area (Å²) in [4.78, 5) is 13.2. The smallest absolute Gasteiger partial charge is 0.306 e. The minimum absolute atomic E-state index is 0.124. The van der Waals surface area contributed by atoms with E-state index in [1.165, 1.54) is 6.42 Å². The zero-order valence-electron chi connectivity index (χ0n) is 10.4. The molecule has 0 radical (unpaired) electrons. The summed E-state index contributed by atoms with van der Waals surface area (Å²) < 4.78 is 0. The second-order valence-corrected chi connectivity index (χ2v) is 5.00. The Balaban J connectivity index is 2.24. The second kappa shape index (κ2) is 6.86. The quantitative estimate of drug-likeness (QED) is 0.667. The topological polar surface area (TPSA) is 52.6 Å². The van der Waals surface area contributed by atoms with Gasteiger partial charge in [0.2, 0.25) is 0 Å². The first-order valence-electron chi connectivity index (χ1n) is 6.19. The van der Waals surface area contributed by atoms with Crippen LogP contribution < -0.4 is 5.32 Å². The summed E-state index contributed by atoms with van der Waals surface area (Å²) in [6.07, 6.45) is 4.18. The van der Waals surface area contributed by atoms with E-state index in [-0.39, 0.29) is 5.92 Å². The molecule has 1 rings (SSSR count). The minimum Gasteiger partial charge on any atom is -0.481 e. The molecule has 94 valence electrons. The number of nitrogens with zero attached hydrogens (tertiary/aromatic N) is 1. The third-order valence-electron chi connectivity index (χ3n) is 3.37. The van der Waals surface area contributed by atoms with Gasteiger partial charge >= 0.3 is 5.97 Å². The second-order valence-electron chi connectivity index (χ2n) is 5.00. The van der Waals surface area contributed by atoms with Crippen LogP contribution in [0.25, 0.3) is 0 Å². The normalized spacial score (nSPS) is 25.9. The van der Waals surface area contributed by atoms with Crippen molar-refractivity contribution in [2.75, 3.05) is 33.7 Å². The predicted octanol–water partition coefficient (Wildman–Crippen LogP) is 1.03. The van der Waals surface area contributed by atoms with Crippen molar-refractivity contribution >= 4 is 5.97 Å². The van der Waals surface area contributed by atoms with Crippen molar-refractivity contribution in [2.24, 2.45) is 11.8 Å². The summed E-state index contributed by atoms with van der Waals surface area (Å²) >= 11 is 0. The number of carbonyl (C=O) groups is 1. The van der Waals surface area contributed by atoms with E-state index in [9.17, 15) is 4.79 Å². The van der Waals surface area contributed by atoms with Crippen LogP contribution in [-0.4, -0.2) is 49.7 Å². The van der Waals surface area contributed by atoms with E-state index < -0.39 is 5.97 Å². The Labute approximate surface area is 98.0 Å². The minimum atomic E-state index is -0.612. The standard InChI is InChI=1S/C12H24N2O2/c1-14(2)8-7-13-9-10-5-3-4-6-11(10)12(15)16/h10-11,13H,3-9H2,1-2H3,(H,15,16). The van der Waals surface area contributed by atoms with Gasteiger partial charge in [0.05, 0.1) is 5.92 Å². The van der Waals surface area contributed by atoms with Gasteiger partial charge in [0.15, 0.2) is 0 Å². The molecule has 1 fully saturated rings. The van der Waals surface area contributed by atoms with Crippen LogP contribution in [0.4, 0.5) is 0 Å². The molecule has 1 saturated carbocycles. The third-order valence-corrected chi connectivity index (χ3v) is 3.37. The highest BCUT2D eigenvalue weighted by Crippen LogP contribution is 2.29. The third kappa shape index (κ3) is 4.49. The van der Waals surface area contributed by atoms with E-state index in [2.05, 4.69) is 10.2 Å². The van der Waals surface area contributed by atoms with Crippen molar-refractivity contribution < 1.29 is 9.90 Å². The molecule has 0 saturated heterocycles. The summed E-state index contributed by atoms with van der Waals surface area (Å²) in [5, 5.41) is 12.5. The van der Waals surface area contributed by atoms with E-state index in [1.54, 1.807) is 0 Å². The molecule has 0 bridgehead atoms. The van der Waals surface area contributed by atoms with Crippen LogP contribution in [0.1, 0.15) is 25.7 Å². The Hall–Kier alpha value is -0.610. The number of aliphatic carboxylic acids is 1. The van der Waals surface area contributed by atoms with Crippen molar-refractivity contribution in [3.63, 3.8) is 0 Å². The molecule has 2 N–H and O–H groups in total. The molecule has 2 unspecified atom stereocenters. The first-order chi connectivity index (χ1) is 7.61. The number of nitrogens with one attached hydrogen (secondary N) is 1. The Kier molecular flexibility index (Phi) is 5.77. The average Bonchev–Trinajstić information content (AvgIpc) is 2.24. The lowest BCUT2D eigenvalue weighted by atomic mass is 9.79. The maximum Gasteiger partial charge on any atom is 0.306 e. The molecule has 0 amide bonds. The van der Waals surface area contributed by atoms with Crippen molar-refractivity contribution in [2.45, 2.75) is 25.7 Å². The van der Waals surface area contributed by atoms with Crippen molar-refractivity contribution in [1.82, 2.24) is 10.2 Å². The van der Waals surface area contributed by atoms with Gasteiger partial charge in [0.25, 0.3) is 0 Å². The lowest BCUT2D eigenvalue weighted by Crippen LogP contribution is -2.37. The van der Waals surface area contributed by atoms with E-state index in [1.807, 2.05) is 14.1 Å². The molecule has 0 aromatic carbocycles. The summed E-state index contributed by atoms with van der Waals surface area (Å²) in [6.45, 7) is 2.80. The highest BCUT2D eigenvalue weighted by atomic mass is 16.4. The van der Waals surface area contributed by atoms with Gasteiger partial charge in [-0.1, -0.05) is 12.8 Å². The predicted molar refractivity (Wildman–Crippen MR) is 64.5 cm³/mol. The highest BCUT2D eigenvalue weighted by molar-refractivity contribution is 5.70. The number of carboxylic acid groups (broad SMARTS) is 1. The van der Waals surface area contributed by atoms with Crippen LogP contribution in [0.15, 0.2) is 0 Å². The Morgan fingerprint density at radius 1 is 1.38 bits per heavy atom. The van der Waals surface area contributed by atoms with Gasteiger partial charge in [-0.05, 0) is 39.4 Å². The SMILES string of the molecule is CN(C)CCNCC1CCCCC1C(=O)O. The molecule has 1 aliphatic rings. The van der Waals surface area contributed by atoms with Crippen LogP contribution in [0.5, 0.6) is 0 Å². The molecule has 4 heteroatoms. The molecule has 0 spiro atoms. The molecule has 1 aliphatic carbocycles. The number of hydrogen-bond acceptors (Lipinski definition) is 3. The Morgan fingerprint density at radius 2 is 2.06 bits per heavy atom.